The third kappa shape index (κ3) is 5.59. The molecule has 3 rings (SSSR count). The molecule has 2 aromatic rings. The van der Waals surface area contributed by atoms with Crippen LogP contribution < -0.4 is 5.32 Å². The fourth-order valence-corrected chi connectivity index (χ4v) is 3.66. The Morgan fingerprint density at radius 3 is 2.61 bits per heavy atom. The number of aromatic nitrogens is 1. The van der Waals surface area contributed by atoms with Crippen molar-refractivity contribution in [1.29, 1.82) is 0 Å². The summed E-state index contributed by atoms with van der Waals surface area (Å²) in [6.07, 6.45) is 4.84. The molecule has 0 radical (unpaired) electrons. The van der Waals surface area contributed by atoms with E-state index in [9.17, 15) is 9.18 Å². The molecule has 6 heteroatoms. The Morgan fingerprint density at radius 1 is 1.21 bits per heavy atom. The van der Waals surface area contributed by atoms with Crippen LogP contribution in [0.5, 0.6) is 0 Å². The fourth-order valence-electron chi connectivity index (χ4n) is 3.66. The molecule has 0 bridgehead atoms. The topological polar surface area (TPSA) is 54.5 Å². The van der Waals surface area contributed by atoms with Gasteiger partial charge in [0.25, 0.3) is 0 Å². The predicted octanol–water partition coefficient (Wildman–Crippen LogP) is 3.29. The van der Waals surface area contributed by atoms with Gasteiger partial charge in [-0.05, 0) is 41.7 Å². The Kier molecular flexibility index (Phi) is 7.51. The summed E-state index contributed by atoms with van der Waals surface area (Å²) < 4.78 is 18.6. The molecule has 1 amide bonds. The van der Waals surface area contributed by atoms with Gasteiger partial charge >= 0.3 is 0 Å². The van der Waals surface area contributed by atoms with Crippen LogP contribution in [0.1, 0.15) is 42.9 Å². The molecular weight excluding hydrogens is 357 g/mol. The number of nitrogens with zero attached hydrogens (tertiary/aromatic N) is 2. The number of rotatable bonds is 8. The molecule has 150 valence electrons. The zero-order valence-electron chi connectivity index (χ0n) is 16.3. The van der Waals surface area contributed by atoms with Gasteiger partial charge in [-0.25, -0.2) is 4.39 Å². The van der Waals surface area contributed by atoms with E-state index < -0.39 is 0 Å². The van der Waals surface area contributed by atoms with E-state index in [0.29, 0.717) is 26.2 Å². The average Bonchev–Trinajstić information content (AvgIpc) is 2.74. The summed E-state index contributed by atoms with van der Waals surface area (Å²) in [4.78, 5) is 19.2. The van der Waals surface area contributed by atoms with Gasteiger partial charge in [0.1, 0.15) is 5.82 Å². The summed E-state index contributed by atoms with van der Waals surface area (Å²) in [6, 6.07) is 10.5. The first-order chi connectivity index (χ1) is 13.7. The first-order valence-corrected chi connectivity index (χ1v) is 9.91. The normalized spacial score (nSPS) is 17.1. The maximum Gasteiger partial charge on any atom is 0.220 e. The van der Waals surface area contributed by atoms with E-state index in [-0.39, 0.29) is 23.7 Å². The minimum Gasteiger partial charge on any atom is -0.379 e. The third-order valence-corrected chi connectivity index (χ3v) is 5.31. The number of carbonyl (C=O) groups is 1. The van der Waals surface area contributed by atoms with Crippen LogP contribution in [0.15, 0.2) is 48.8 Å². The summed E-state index contributed by atoms with van der Waals surface area (Å²) in [7, 11) is 0. The van der Waals surface area contributed by atoms with Crippen molar-refractivity contribution in [3.8, 4) is 0 Å². The standard InChI is InChI=1S/C22H28FN3O2/c1-2-17(18-5-7-20(23)8-6-18)14-22(27)25-16-21(19-4-3-9-24-15-19)26-10-12-28-13-11-26/h3-9,15,17,21H,2,10-14,16H2,1H3,(H,25,27). The van der Waals surface area contributed by atoms with Crippen LogP contribution in [-0.2, 0) is 9.53 Å². The number of ether oxygens (including phenoxy) is 1. The second-order valence-corrected chi connectivity index (χ2v) is 7.12. The van der Waals surface area contributed by atoms with Crippen molar-refractivity contribution < 1.29 is 13.9 Å². The lowest BCUT2D eigenvalue weighted by Crippen LogP contribution is -2.44. The van der Waals surface area contributed by atoms with Gasteiger partial charge in [-0.2, -0.15) is 0 Å². The number of nitrogens with one attached hydrogen (secondary N) is 1. The molecule has 1 saturated heterocycles. The Hall–Kier alpha value is -2.31. The molecule has 0 saturated carbocycles. The lowest BCUT2D eigenvalue weighted by molar-refractivity contribution is -0.121. The van der Waals surface area contributed by atoms with Crippen LogP contribution >= 0.6 is 0 Å². The van der Waals surface area contributed by atoms with E-state index in [0.717, 1.165) is 30.6 Å². The zero-order chi connectivity index (χ0) is 19.8. The van der Waals surface area contributed by atoms with Gasteiger partial charge in [0, 0.05) is 38.4 Å². The first-order valence-electron chi connectivity index (χ1n) is 9.91. The highest BCUT2D eigenvalue weighted by Gasteiger charge is 2.24. The van der Waals surface area contributed by atoms with Crippen molar-refractivity contribution in [1.82, 2.24) is 15.2 Å². The molecule has 1 N–H and O–H groups in total. The van der Waals surface area contributed by atoms with Gasteiger partial charge in [-0.15, -0.1) is 0 Å². The van der Waals surface area contributed by atoms with Crippen LogP contribution in [0.2, 0.25) is 0 Å². The molecule has 1 aliphatic rings. The lowest BCUT2D eigenvalue weighted by atomic mass is 9.93. The minimum atomic E-state index is -0.257. The van der Waals surface area contributed by atoms with Crippen LogP contribution in [0.25, 0.3) is 0 Å². The molecule has 1 aliphatic heterocycles. The van der Waals surface area contributed by atoms with E-state index >= 15 is 0 Å². The van der Waals surface area contributed by atoms with Gasteiger partial charge in [0.05, 0.1) is 19.3 Å². The van der Waals surface area contributed by atoms with Crippen molar-refractivity contribution in [2.75, 3.05) is 32.8 Å². The number of benzene rings is 1. The number of amides is 1. The Bertz CT molecular complexity index is 733. The van der Waals surface area contributed by atoms with Crippen molar-refractivity contribution in [2.24, 2.45) is 0 Å². The average molecular weight is 385 g/mol. The molecule has 28 heavy (non-hydrogen) atoms. The Balaban J connectivity index is 1.61. The van der Waals surface area contributed by atoms with Crippen LogP contribution in [0.3, 0.4) is 0 Å². The maximum absolute atomic E-state index is 13.2. The second kappa shape index (κ2) is 10.3. The molecule has 0 aliphatic carbocycles. The van der Waals surface area contributed by atoms with E-state index in [2.05, 4.69) is 15.2 Å². The first kappa shape index (κ1) is 20.4. The molecule has 1 fully saturated rings. The Labute approximate surface area is 165 Å². The van der Waals surface area contributed by atoms with Crippen LogP contribution in [0.4, 0.5) is 4.39 Å². The summed E-state index contributed by atoms with van der Waals surface area (Å²) >= 11 is 0. The number of hydrogen-bond acceptors (Lipinski definition) is 4. The highest BCUT2D eigenvalue weighted by molar-refractivity contribution is 5.77. The zero-order valence-corrected chi connectivity index (χ0v) is 16.3. The largest absolute Gasteiger partial charge is 0.379 e. The molecule has 2 heterocycles. The molecule has 1 aromatic carbocycles. The van der Waals surface area contributed by atoms with Crippen molar-refractivity contribution >= 4 is 5.91 Å². The number of pyridine rings is 1. The molecule has 1 aromatic heterocycles. The lowest BCUT2D eigenvalue weighted by Gasteiger charge is -2.34. The summed E-state index contributed by atoms with van der Waals surface area (Å²) in [5.41, 5.74) is 2.09. The van der Waals surface area contributed by atoms with Gasteiger partial charge in [-0.3, -0.25) is 14.7 Å². The van der Waals surface area contributed by atoms with Gasteiger partial charge in [-0.1, -0.05) is 25.1 Å². The van der Waals surface area contributed by atoms with E-state index in [1.807, 2.05) is 25.3 Å². The molecule has 2 atom stereocenters. The number of hydrogen-bond donors (Lipinski definition) is 1. The smallest absolute Gasteiger partial charge is 0.220 e. The predicted molar refractivity (Wildman–Crippen MR) is 106 cm³/mol. The van der Waals surface area contributed by atoms with Crippen molar-refractivity contribution in [3.05, 3.63) is 65.7 Å². The summed E-state index contributed by atoms with van der Waals surface area (Å²) in [5.74, 6) is -0.160. The summed E-state index contributed by atoms with van der Waals surface area (Å²) in [6.45, 7) is 5.66. The maximum atomic E-state index is 13.2. The second-order valence-electron chi connectivity index (χ2n) is 7.12. The number of halogens is 1. The fraction of sp³-hybridized carbons (Fsp3) is 0.455. The summed E-state index contributed by atoms with van der Waals surface area (Å²) in [5, 5.41) is 3.10. The molecule has 0 spiro atoms. The minimum absolute atomic E-state index is 0.0123. The van der Waals surface area contributed by atoms with E-state index in [1.54, 1.807) is 18.3 Å². The molecule has 2 unspecified atom stereocenters. The number of morpholine rings is 1. The van der Waals surface area contributed by atoms with Gasteiger partial charge in [0.15, 0.2) is 0 Å². The molecule has 5 nitrogen and oxygen atoms in total. The Morgan fingerprint density at radius 2 is 1.96 bits per heavy atom. The molecular formula is C22H28FN3O2. The quantitative estimate of drug-likeness (QED) is 0.758. The van der Waals surface area contributed by atoms with Crippen molar-refractivity contribution in [2.45, 2.75) is 31.7 Å². The van der Waals surface area contributed by atoms with Crippen LogP contribution in [-0.4, -0.2) is 48.6 Å². The van der Waals surface area contributed by atoms with Crippen LogP contribution in [0, 0.1) is 5.82 Å². The SMILES string of the molecule is CCC(CC(=O)NCC(c1cccnc1)N1CCOCC1)c1ccc(F)cc1. The number of carbonyl (C=O) groups excluding carboxylic acids is 1. The highest BCUT2D eigenvalue weighted by atomic mass is 19.1. The van der Waals surface area contributed by atoms with Gasteiger partial charge < -0.3 is 10.1 Å². The van der Waals surface area contributed by atoms with Crippen molar-refractivity contribution in [3.63, 3.8) is 0 Å². The highest BCUT2D eigenvalue weighted by Crippen LogP contribution is 2.24. The third-order valence-electron chi connectivity index (χ3n) is 5.31. The van der Waals surface area contributed by atoms with Gasteiger partial charge in [0.2, 0.25) is 5.91 Å². The van der Waals surface area contributed by atoms with E-state index in [4.69, 9.17) is 4.74 Å². The van der Waals surface area contributed by atoms with E-state index in [1.165, 1.54) is 12.1 Å². The monoisotopic (exact) mass is 385 g/mol.